The number of nitrogens with one attached hydrogen (secondary N) is 1. The first-order chi connectivity index (χ1) is 12.6. The molecular formula is C18H20ClN3O3S. The van der Waals surface area contributed by atoms with Crippen molar-refractivity contribution in [1.82, 2.24) is 15.1 Å². The first-order valence-corrected chi connectivity index (χ1v) is 10.0. The van der Waals surface area contributed by atoms with Gasteiger partial charge in [-0.25, -0.2) is 4.68 Å². The van der Waals surface area contributed by atoms with Crippen LogP contribution in [0.25, 0.3) is 0 Å². The Labute approximate surface area is 160 Å². The molecule has 138 valence electrons. The van der Waals surface area contributed by atoms with Crippen LogP contribution < -0.4 is 10.9 Å². The van der Waals surface area contributed by atoms with Crippen LogP contribution in [0.1, 0.15) is 52.7 Å². The van der Waals surface area contributed by atoms with Gasteiger partial charge in [0.15, 0.2) is 0 Å². The number of nitrogens with zero attached hydrogens (tertiary/aromatic N) is 2. The molecule has 0 atom stereocenters. The van der Waals surface area contributed by atoms with Crippen LogP contribution in [0.2, 0.25) is 4.34 Å². The molecule has 0 spiro atoms. The normalized spacial score (nSPS) is 22.7. The van der Waals surface area contributed by atoms with Crippen LogP contribution >= 0.6 is 22.9 Å². The predicted molar refractivity (Wildman–Crippen MR) is 99.9 cm³/mol. The zero-order chi connectivity index (χ0) is 18.1. The summed E-state index contributed by atoms with van der Waals surface area (Å²) in [7, 11) is 0. The van der Waals surface area contributed by atoms with Crippen molar-refractivity contribution in [2.45, 2.75) is 50.8 Å². The lowest BCUT2D eigenvalue weighted by atomic mass is 9.91. The molecule has 0 radical (unpaired) electrons. The summed E-state index contributed by atoms with van der Waals surface area (Å²) >= 11 is 7.18. The summed E-state index contributed by atoms with van der Waals surface area (Å²) in [5.74, 6) is -0.0746. The Balaban J connectivity index is 1.39. The number of rotatable bonds is 3. The molecule has 0 saturated heterocycles. The molecular weight excluding hydrogens is 374 g/mol. The fourth-order valence-corrected chi connectivity index (χ4v) is 4.59. The number of ether oxygens (including phenoxy) is 1. The molecule has 1 fully saturated rings. The highest BCUT2D eigenvalue weighted by Gasteiger charge is 2.26. The lowest BCUT2D eigenvalue weighted by Gasteiger charge is -2.30. The molecule has 0 aromatic carbocycles. The molecule has 2 aliphatic rings. The van der Waals surface area contributed by atoms with Crippen molar-refractivity contribution in [1.29, 1.82) is 0 Å². The van der Waals surface area contributed by atoms with Gasteiger partial charge in [0.25, 0.3) is 11.5 Å². The van der Waals surface area contributed by atoms with E-state index in [0.29, 0.717) is 22.4 Å². The van der Waals surface area contributed by atoms with E-state index in [-0.39, 0.29) is 23.6 Å². The number of thiophene rings is 1. The maximum absolute atomic E-state index is 12.4. The minimum atomic E-state index is -0.0746. The highest BCUT2D eigenvalue weighted by atomic mass is 35.5. The summed E-state index contributed by atoms with van der Waals surface area (Å²) in [5, 5.41) is 7.67. The smallest absolute Gasteiger partial charge is 0.267 e. The zero-order valence-corrected chi connectivity index (χ0v) is 15.8. The van der Waals surface area contributed by atoms with E-state index in [2.05, 4.69) is 10.4 Å². The Morgan fingerprint density at radius 3 is 2.85 bits per heavy atom. The Morgan fingerprint density at radius 1 is 1.31 bits per heavy atom. The highest BCUT2D eigenvalue weighted by molar-refractivity contribution is 7.17. The van der Waals surface area contributed by atoms with Crippen LogP contribution in [-0.4, -0.2) is 28.3 Å². The van der Waals surface area contributed by atoms with Crippen LogP contribution in [0.15, 0.2) is 23.0 Å². The largest absolute Gasteiger partial charge is 0.376 e. The molecule has 1 amide bonds. The molecule has 1 saturated carbocycles. The number of amides is 1. The van der Waals surface area contributed by atoms with E-state index in [1.807, 2.05) is 0 Å². The van der Waals surface area contributed by atoms with Crippen LogP contribution in [0.4, 0.5) is 0 Å². The molecule has 1 aliphatic heterocycles. The molecule has 26 heavy (non-hydrogen) atoms. The lowest BCUT2D eigenvalue weighted by Crippen LogP contribution is -2.39. The van der Waals surface area contributed by atoms with E-state index in [0.717, 1.165) is 43.4 Å². The molecule has 1 aliphatic carbocycles. The quantitative estimate of drug-likeness (QED) is 0.870. The summed E-state index contributed by atoms with van der Waals surface area (Å²) in [6, 6.07) is 5.36. The Hall–Kier alpha value is -1.70. The molecule has 4 rings (SSSR count). The SMILES string of the molecule is O=C(NC1CCC(n2nc3c(cc2=O)COCC3)CC1)c1ccc(Cl)s1. The maximum atomic E-state index is 12.4. The van der Waals surface area contributed by atoms with E-state index in [1.54, 1.807) is 22.9 Å². The second-order valence-corrected chi connectivity index (χ2v) is 8.50. The van der Waals surface area contributed by atoms with Crippen molar-refractivity contribution >= 4 is 28.8 Å². The molecule has 3 heterocycles. The topological polar surface area (TPSA) is 73.2 Å². The van der Waals surface area contributed by atoms with E-state index >= 15 is 0 Å². The predicted octanol–water partition coefficient (Wildman–Crippen LogP) is 2.94. The Morgan fingerprint density at radius 2 is 2.12 bits per heavy atom. The summed E-state index contributed by atoms with van der Waals surface area (Å²) in [6.07, 6.45) is 4.09. The van der Waals surface area contributed by atoms with Gasteiger partial charge in [0.1, 0.15) is 0 Å². The minimum Gasteiger partial charge on any atom is -0.376 e. The van der Waals surface area contributed by atoms with E-state index in [1.165, 1.54) is 11.3 Å². The molecule has 8 heteroatoms. The molecule has 0 unspecified atom stereocenters. The first kappa shape index (κ1) is 17.7. The van der Waals surface area contributed by atoms with Crippen LogP contribution in [-0.2, 0) is 17.8 Å². The van der Waals surface area contributed by atoms with Gasteiger partial charge in [-0.3, -0.25) is 9.59 Å². The molecule has 2 aromatic rings. The highest BCUT2D eigenvalue weighted by Crippen LogP contribution is 2.28. The number of carbonyl (C=O) groups is 1. The summed E-state index contributed by atoms with van der Waals surface area (Å²) in [4.78, 5) is 25.3. The van der Waals surface area contributed by atoms with Crippen LogP contribution in [0, 0.1) is 0 Å². The molecule has 1 N–H and O–H groups in total. The van der Waals surface area contributed by atoms with Crippen LogP contribution in [0.5, 0.6) is 0 Å². The van der Waals surface area contributed by atoms with Crippen molar-refractivity contribution in [3.63, 3.8) is 0 Å². The third-order valence-corrected chi connectivity index (χ3v) is 6.27. The van der Waals surface area contributed by atoms with Gasteiger partial charge >= 0.3 is 0 Å². The Bertz CT molecular complexity index is 871. The van der Waals surface area contributed by atoms with Gasteiger partial charge in [-0.2, -0.15) is 5.10 Å². The van der Waals surface area contributed by atoms with Gasteiger partial charge in [-0.1, -0.05) is 11.6 Å². The number of halogens is 1. The molecule has 0 bridgehead atoms. The van der Waals surface area contributed by atoms with Crippen molar-refractivity contribution in [3.8, 4) is 0 Å². The summed E-state index contributed by atoms with van der Waals surface area (Å²) < 4.78 is 7.64. The fraction of sp³-hybridized carbons (Fsp3) is 0.500. The zero-order valence-electron chi connectivity index (χ0n) is 14.2. The summed E-state index contributed by atoms with van der Waals surface area (Å²) in [6.45, 7) is 1.13. The third kappa shape index (κ3) is 3.70. The average molecular weight is 394 g/mol. The van der Waals surface area contributed by atoms with E-state index in [9.17, 15) is 9.59 Å². The number of aromatic nitrogens is 2. The lowest BCUT2D eigenvalue weighted by molar-refractivity contribution is 0.0924. The van der Waals surface area contributed by atoms with Gasteiger partial charge in [0, 0.05) is 24.1 Å². The second kappa shape index (κ2) is 7.50. The number of hydrogen-bond donors (Lipinski definition) is 1. The monoisotopic (exact) mass is 393 g/mol. The average Bonchev–Trinajstić information content (AvgIpc) is 3.08. The maximum Gasteiger partial charge on any atom is 0.267 e. The van der Waals surface area contributed by atoms with Gasteiger partial charge in [-0.05, 0) is 37.8 Å². The van der Waals surface area contributed by atoms with Crippen molar-refractivity contribution in [2.75, 3.05) is 6.61 Å². The van der Waals surface area contributed by atoms with E-state index < -0.39 is 0 Å². The second-order valence-electron chi connectivity index (χ2n) is 6.78. The number of hydrogen-bond acceptors (Lipinski definition) is 5. The van der Waals surface area contributed by atoms with E-state index in [4.69, 9.17) is 16.3 Å². The fourth-order valence-electron chi connectivity index (χ4n) is 3.65. The summed E-state index contributed by atoms with van der Waals surface area (Å²) in [5.41, 5.74) is 1.82. The van der Waals surface area contributed by atoms with Crippen molar-refractivity contribution in [2.24, 2.45) is 0 Å². The van der Waals surface area contributed by atoms with Gasteiger partial charge < -0.3 is 10.1 Å². The molecule has 2 aromatic heterocycles. The number of fused-ring (bicyclic) bond motifs is 1. The number of carbonyl (C=O) groups excluding carboxylic acids is 1. The van der Waals surface area contributed by atoms with Gasteiger partial charge in [-0.15, -0.1) is 11.3 Å². The van der Waals surface area contributed by atoms with Crippen LogP contribution in [0.3, 0.4) is 0 Å². The molecule has 6 nitrogen and oxygen atoms in total. The standard InChI is InChI=1S/C18H20ClN3O3S/c19-16-6-5-15(26-16)18(24)20-12-1-3-13(4-2-12)22-17(23)9-11-10-25-8-7-14(11)21-22/h5-6,9,12-13H,1-4,7-8,10H2,(H,20,24). The third-order valence-electron chi connectivity index (χ3n) is 5.04. The van der Waals surface area contributed by atoms with Crippen molar-refractivity contribution in [3.05, 3.63) is 49.0 Å². The van der Waals surface area contributed by atoms with Gasteiger partial charge in [0.05, 0.1) is 34.2 Å². The first-order valence-electron chi connectivity index (χ1n) is 8.86. The van der Waals surface area contributed by atoms with Gasteiger partial charge in [0.2, 0.25) is 0 Å². The Kier molecular flexibility index (Phi) is 5.11. The minimum absolute atomic E-state index is 0.0602. The van der Waals surface area contributed by atoms with Crippen molar-refractivity contribution < 1.29 is 9.53 Å².